The lowest BCUT2D eigenvalue weighted by Gasteiger charge is -2.19. The number of nitrogens with zero attached hydrogens (tertiary/aromatic N) is 1. The van der Waals surface area contributed by atoms with Crippen LogP contribution in [0.3, 0.4) is 0 Å². The maximum absolute atomic E-state index is 12.3. The average molecular weight is 345 g/mol. The Hall–Kier alpha value is -2.08. The summed E-state index contributed by atoms with van der Waals surface area (Å²) in [7, 11) is 1.62. The topological polar surface area (TPSA) is 70.7 Å². The summed E-state index contributed by atoms with van der Waals surface area (Å²) in [6.07, 6.45) is 2.92. The second kappa shape index (κ2) is 8.34. The molecule has 1 aromatic rings. The van der Waals surface area contributed by atoms with Gasteiger partial charge < -0.3 is 20.3 Å². The van der Waals surface area contributed by atoms with Gasteiger partial charge in [0.2, 0.25) is 0 Å². The number of benzene rings is 1. The molecule has 6 nitrogen and oxygen atoms in total. The van der Waals surface area contributed by atoms with Crippen LogP contribution in [-0.2, 0) is 11.2 Å². The number of urea groups is 1. The Balaban J connectivity index is 1.43. The second-order valence-electron chi connectivity index (χ2n) is 6.88. The van der Waals surface area contributed by atoms with Crippen molar-refractivity contribution in [2.75, 3.05) is 39.9 Å². The number of hydrogen-bond donors (Lipinski definition) is 2. The van der Waals surface area contributed by atoms with Gasteiger partial charge in [0.1, 0.15) is 0 Å². The molecule has 2 N–H and O–H groups in total. The summed E-state index contributed by atoms with van der Waals surface area (Å²) in [6.45, 7) is 3.96. The van der Waals surface area contributed by atoms with E-state index in [-0.39, 0.29) is 11.9 Å². The molecule has 3 amide bonds. The molecule has 0 radical (unpaired) electrons. The lowest BCUT2D eigenvalue weighted by atomic mass is 9.91. The summed E-state index contributed by atoms with van der Waals surface area (Å²) in [4.78, 5) is 25.9. The molecular weight excluding hydrogens is 318 g/mol. The largest absolute Gasteiger partial charge is 0.381 e. The zero-order valence-electron chi connectivity index (χ0n) is 14.8. The number of amides is 3. The van der Waals surface area contributed by atoms with Gasteiger partial charge in [-0.05, 0) is 48.8 Å². The normalized spacial score (nSPS) is 22.8. The van der Waals surface area contributed by atoms with E-state index >= 15 is 0 Å². The lowest BCUT2D eigenvalue weighted by Crippen LogP contribution is -2.39. The fourth-order valence-corrected chi connectivity index (χ4v) is 3.72. The first-order valence-electron chi connectivity index (χ1n) is 9.09. The predicted octanol–water partition coefficient (Wildman–Crippen LogP) is 1.66. The van der Waals surface area contributed by atoms with Crippen LogP contribution in [-0.4, -0.2) is 56.7 Å². The van der Waals surface area contributed by atoms with E-state index in [4.69, 9.17) is 4.74 Å². The van der Waals surface area contributed by atoms with Gasteiger partial charge in [0, 0.05) is 45.5 Å². The number of carbonyl (C=O) groups is 2. The maximum atomic E-state index is 12.3. The van der Waals surface area contributed by atoms with Crippen LogP contribution < -0.4 is 10.6 Å². The summed E-state index contributed by atoms with van der Waals surface area (Å²) in [5.74, 6) is 1.10. The van der Waals surface area contributed by atoms with E-state index in [1.165, 1.54) is 0 Å². The SMILES string of the molecule is CNC(=O)c1cccc(CCNC(=O)N2CC[C@H]([C@@H]3CCOC3)C2)c1. The highest BCUT2D eigenvalue weighted by Gasteiger charge is 2.33. The van der Waals surface area contributed by atoms with Gasteiger partial charge in [-0.15, -0.1) is 0 Å². The third-order valence-electron chi connectivity index (χ3n) is 5.25. The highest BCUT2D eigenvalue weighted by Crippen LogP contribution is 2.29. The van der Waals surface area contributed by atoms with Gasteiger partial charge in [-0.3, -0.25) is 4.79 Å². The number of rotatable bonds is 5. The van der Waals surface area contributed by atoms with Crippen molar-refractivity contribution in [2.24, 2.45) is 11.8 Å². The molecule has 2 fully saturated rings. The van der Waals surface area contributed by atoms with Crippen LogP contribution in [0, 0.1) is 11.8 Å². The van der Waals surface area contributed by atoms with Crippen molar-refractivity contribution in [3.8, 4) is 0 Å². The van der Waals surface area contributed by atoms with E-state index in [2.05, 4.69) is 10.6 Å². The van der Waals surface area contributed by atoms with Crippen LogP contribution in [0.15, 0.2) is 24.3 Å². The molecule has 25 heavy (non-hydrogen) atoms. The minimum atomic E-state index is -0.0927. The van der Waals surface area contributed by atoms with Gasteiger partial charge >= 0.3 is 6.03 Å². The van der Waals surface area contributed by atoms with Crippen molar-refractivity contribution < 1.29 is 14.3 Å². The van der Waals surface area contributed by atoms with Gasteiger partial charge in [0.25, 0.3) is 5.91 Å². The smallest absolute Gasteiger partial charge is 0.317 e. The van der Waals surface area contributed by atoms with Gasteiger partial charge in [-0.1, -0.05) is 12.1 Å². The molecule has 136 valence electrons. The molecule has 0 bridgehead atoms. The summed E-state index contributed by atoms with van der Waals surface area (Å²) in [5, 5.41) is 5.62. The van der Waals surface area contributed by atoms with Crippen LogP contribution in [0.2, 0.25) is 0 Å². The highest BCUT2D eigenvalue weighted by atomic mass is 16.5. The Bertz CT molecular complexity index is 614. The van der Waals surface area contributed by atoms with Crippen LogP contribution in [0.5, 0.6) is 0 Å². The van der Waals surface area contributed by atoms with E-state index in [0.717, 1.165) is 44.7 Å². The van der Waals surface area contributed by atoms with Crippen LogP contribution in [0.25, 0.3) is 0 Å². The van der Waals surface area contributed by atoms with E-state index in [1.807, 2.05) is 23.1 Å². The Labute approximate surface area is 148 Å². The van der Waals surface area contributed by atoms with E-state index in [1.54, 1.807) is 13.1 Å². The molecule has 2 atom stereocenters. The first-order valence-corrected chi connectivity index (χ1v) is 9.09. The first-order chi connectivity index (χ1) is 12.2. The average Bonchev–Trinajstić information content (AvgIpc) is 3.32. The van der Waals surface area contributed by atoms with Crippen molar-refractivity contribution >= 4 is 11.9 Å². The molecule has 3 rings (SSSR count). The summed E-state index contributed by atoms with van der Waals surface area (Å²) in [5.41, 5.74) is 1.69. The summed E-state index contributed by atoms with van der Waals surface area (Å²) < 4.78 is 5.47. The molecule has 0 unspecified atom stereocenters. The molecule has 2 saturated heterocycles. The Morgan fingerprint density at radius 3 is 2.92 bits per heavy atom. The van der Waals surface area contributed by atoms with Crippen molar-refractivity contribution in [1.29, 1.82) is 0 Å². The van der Waals surface area contributed by atoms with Gasteiger partial charge in [0.15, 0.2) is 0 Å². The van der Waals surface area contributed by atoms with E-state index in [9.17, 15) is 9.59 Å². The summed E-state index contributed by atoms with van der Waals surface area (Å²) >= 11 is 0. The minimum Gasteiger partial charge on any atom is -0.381 e. The van der Waals surface area contributed by atoms with Gasteiger partial charge in [-0.2, -0.15) is 0 Å². The van der Waals surface area contributed by atoms with Gasteiger partial charge in [-0.25, -0.2) is 4.79 Å². The van der Waals surface area contributed by atoms with Crippen LogP contribution in [0.4, 0.5) is 4.79 Å². The highest BCUT2D eigenvalue weighted by molar-refractivity contribution is 5.94. The summed E-state index contributed by atoms with van der Waals surface area (Å²) in [6, 6.07) is 7.53. The zero-order valence-corrected chi connectivity index (χ0v) is 14.8. The number of ether oxygens (including phenoxy) is 1. The number of nitrogens with one attached hydrogen (secondary N) is 2. The molecule has 1 aromatic carbocycles. The maximum Gasteiger partial charge on any atom is 0.317 e. The fraction of sp³-hybridized carbons (Fsp3) is 0.579. The number of carbonyl (C=O) groups excluding carboxylic acids is 2. The number of likely N-dealkylation sites (tertiary alicyclic amines) is 1. The van der Waals surface area contributed by atoms with Crippen molar-refractivity contribution in [2.45, 2.75) is 19.3 Å². The van der Waals surface area contributed by atoms with E-state index in [0.29, 0.717) is 30.4 Å². The molecule has 0 aliphatic carbocycles. The standard InChI is InChI=1S/C19H27N3O3/c1-20-18(23)15-4-2-3-14(11-15)5-8-21-19(24)22-9-6-16(12-22)17-7-10-25-13-17/h2-4,11,16-17H,5-10,12-13H2,1H3,(H,20,23)(H,21,24)/t16-,17+/m0/s1. The third kappa shape index (κ3) is 4.51. The fourth-order valence-electron chi connectivity index (χ4n) is 3.72. The monoisotopic (exact) mass is 345 g/mol. The predicted molar refractivity (Wildman–Crippen MR) is 95.5 cm³/mol. The zero-order chi connectivity index (χ0) is 17.6. The van der Waals surface area contributed by atoms with Crippen molar-refractivity contribution in [3.05, 3.63) is 35.4 Å². The van der Waals surface area contributed by atoms with Crippen molar-refractivity contribution in [3.63, 3.8) is 0 Å². The van der Waals surface area contributed by atoms with Crippen LogP contribution in [0.1, 0.15) is 28.8 Å². The molecular formula is C19H27N3O3. The molecule has 0 aromatic heterocycles. The quantitative estimate of drug-likeness (QED) is 0.853. The Kier molecular flexibility index (Phi) is 5.91. The molecule has 2 aliphatic rings. The molecule has 2 heterocycles. The number of hydrogen-bond acceptors (Lipinski definition) is 3. The Morgan fingerprint density at radius 2 is 2.16 bits per heavy atom. The lowest BCUT2D eigenvalue weighted by molar-refractivity contribution is 0.0963. The first kappa shape index (κ1) is 17.7. The second-order valence-corrected chi connectivity index (χ2v) is 6.88. The minimum absolute atomic E-state index is 0.0175. The van der Waals surface area contributed by atoms with Gasteiger partial charge in [0.05, 0.1) is 0 Å². The van der Waals surface area contributed by atoms with Crippen LogP contribution >= 0.6 is 0 Å². The van der Waals surface area contributed by atoms with Crippen molar-refractivity contribution in [1.82, 2.24) is 15.5 Å². The molecule has 6 heteroatoms. The molecule has 2 aliphatic heterocycles. The Morgan fingerprint density at radius 1 is 1.28 bits per heavy atom. The third-order valence-corrected chi connectivity index (χ3v) is 5.25. The molecule has 0 spiro atoms. The van der Waals surface area contributed by atoms with E-state index < -0.39 is 0 Å². The molecule has 0 saturated carbocycles.